The van der Waals surface area contributed by atoms with E-state index in [0.717, 1.165) is 12.2 Å². The van der Waals surface area contributed by atoms with E-state index in [9.17, 15) is 9.18 Å². The lowest BCUT2D eigenvalue weighted by Crippen LogP contribution is -2.26. The van der Waals surface area contributed by atoms with Crippen molar-refractivity contribution in [2.75, 3.05) is 0 Å². The molecule has 8 nitrogen and oxygen atoms in total. The summed E-state index contributed by atoms with van der Waals surface area (Å²) in [7, 11) is 1.89. The van der Waals surface area contributed by atoms with E-state index in [0.29, 0.717) is 16.8 Å². The van der Waals surface area contributed by atoms with Gasteiger partial charge in [-0.05, 0) is 23.6 Å². The fourth-order valence-corrected chi connectivity index (χ4v) is 2.87. The minimum atomic E-state index is -0.410. The van der Waals surface area contributed by atoms with Gasteiger partial charge in [0.1, 0.15) is 18.0 Å². The second kappa shape index (κ2) is 7.94. The maximum atomic E-state index is 13.9. The molecule has 0 fully saturated rings. The Morgan fingerprint density at radius 3 is 2.45 bits per heavy atom. The average Bonchev–Trinajstić information content (AvgIpc) is 3.26. The van der Waals surface area contributed by atoms with Crippen LogP contribution in [0.25, 0.3) is 17.0 Å². The van der Waals surface area contributed by atoms with Crippen molar-refractivity contribution in [3.63, 3.8) is 0 Å². The molecule has 0 aliphatic carbocycles. The van der Waals surface area contributed by atoms with Crippen molar-refractivity contribution >= 4 is 5.65 Å². The standard InChI is InChI=1S/C15H15FN4O.C5H9N3/c1-15(2,3)10-8-12-17-18-13(20(12)19-14(10)21)9-6-4-5-7-11(9)16;1-3-5-6-4-7-8(5)2/h4-8H,1-3H3,(H,19,21);4H,3H2,1-2H3. The molecule has 29 heavy (non-hydrogen) atoms. The van der Waals surface area contributed by atoms with Gasteiger partial charge < -0.3 is 0 Å². The molecule has 0 amide bonds. The van der Waals surface area contributed by atoms with Crippen molar-refractivity contribution in [1.82, 2.24) is 34.6 Å². The minimum absolute atomic E-state index is 0.229. The highest BCUT2D eigenvalue weighted by atomic mass is 19.1. The Kier molecular flexibility index (Phi) is 5.58. The van der Waals surface area contributed by atoms with Crippen LogP contribution < -0.4 is 5.56 Å². The lowest BCUT2D eigenvalue weighted by atomic mass is 9.88. The molecule has 1 N–H and O–H groups in total. The van der Waals surface area contributed by atoms with Gasteiger partial charge in [0.15, 0.2) is 11.5 Å². The molecule has 0 saturated heterocycles. The highest BCUT2D eigenvalue weighted by Crippen LogP contribution is 2.23. The van der Waals surface area contributed by atoms with Crippen LogP contribution in [0.2, 0.25) is 0 Å². The zero-order chi connectivity index (χ0) is 21.2. The molecule has 0 saturated carbocycles. The summed E-state index contributed by atoms with van der Waals surface area (Å²) in [6.45, 7) is 7.90. The number of fused-ring (bicyclic) bond motifs is 1. The quantitative estimate of drug-likeness (QED) is 0.561. The number of nitrogens with zero attached hydrogens (tertiary/aromatic N) is 6. The smallest absolute Gasteiger partial charge is 0.266 e. The Morgan fingerprint density at radius 1 is 1.17 bits per heavy atom. The molecular formula is C20H24FN7O. The third kappa shape index (κ3) is 4.23. The molecular weight excluding hydrogens is 373 g/mol. The summed E-state index contributed by atoms with van der Waals surface area (Å²) in [5, 5.41) is 14.6. The van der Waals surface area contributed by atoms with Crippen LogP contribution in [0.4, 0.5) is 4.39 Å². The summed E-state index contributed by atoms with van der Waals surface area (Å²) < 4.78 is 17.1. The summed E-state index contributed by atoms with van der Waals surface area (Å²) in [5.41, 5.74) is 0.858. The first-order valence-corrected chi connectivity index (χ1v) is 9.29. The fourth-order valence-electron chi connectivity index (χ4n) is 2.87. The second-order valence-corrected chi connectivity index (χ2v) is 7.60. The summed E-state index contributed by atoms with van der Waals surface area (Å²) in [4.78, 5) is 16.2. The van der Waals surface area contributed by atoms with Crippen molar-refractivity contribution in [3.8, 4) is 11.4 Å². The molecule has 0 radical (unpaired) electrons. The lowest BCUT2D eigenvalue weighted by molar-refractivity contribution is 0.577. The van der Waals surface area contributed by atoms with E-state index in [1.54, 1.807) is 35.3 Å². The first kappa shape index (κ1) is 20.4. The van der Waals surface area contributed by atoms with Crippen LogP contribution >= 0.6 is 0 Å². The maximum absolute atomic E-state index is 13.9. The van der Waals surface area contributed by atoms with Gasteiger partial charge in [-0.3, -0.25) is 14.6 Å². The largest absolute Gasteiger partial charge is 0.268 e. The topological polar surface area (TPSA) is 93.8 Å². The Bertz CT molecular complexity index is 1180. The van der Waals surface area contributed by atoms with Gasteiger partial charge in [0, 0.05) is 19.0 Å². The molecule has 0 aliphatic heterocycles. The number of aromatic amines is 1. The number of aryl methyl sites for hydroxylation is 2. The van der Waals surface area contributed by atoms with Gasteiger partial charge in [-0.25, -0.2) is 13.9 Å². The van der Waals surface area contributed by atoms with Crippen LogP contribution in [-0.4, -0.2) is 34.6 Å². The van der Waals surface area contributed by atoms with Gasteiger partial charge in [0.2, 0.25) is 0 Å². The molecule has 0 unspecified atom stereocenters. The van der Waals surface area contributed by atoms with E-state index in [4.69, 9.17) is 0 Å². The number of rotatable bonds is 2. The van der Waals surface area contributed by atoms with E-state index in [2.05, 4.69) is 32.3 Å². The Balaban J connectivity index is 0.000000252. The average molecular weight is 397 g/mol. The normalized spacial score (nSPS) is 11.4. The summed E-state index contributed by atoms with van der Waals surface area (Å²) >= 11 is 0. The Morgan fingerprint density at radius 2 is 1.90 bits per heavy atom. The number of hydrogen-bond donors (Lipinski definition) is 1. The van der Waals surface area contributed by atoms with Gasteiger partial charge in [-0.2, -0.15) is 5.10 Å². The lowest BCUT2D eigenvalue weighted by Gasteiger charge is -2.17. The van der Waals surface area contributed by atoms with Crippen LogP contribution in [0.15, 0.2) is 41.5 Å². The summed E-state index contributed by atoms with van der Waals surface area (Å²) in [6.07, 6.45) is 2.52. The van der Waals surface area contributed by atoms with Crippen molar-refractivity contribution in [1.29, 1.82) is 0 Å². The number of hydrogen-bond acceptors (Lipinski definition) is 5. The number of benzene rings is 1. The Labute approximate surface area is 167 Å². The molecule has 9 heteroatoms. The maximum Gasteiger partial charge on any atom is 0.266 e. The molecule has 1 aromatic carbocycles. The van der Waals surface area contributed by atoms with Crippen LogP contribution in [-0.2, 0) is 18.9 Å². The highest BCUT2D eigenvalue weighted by Gasteiger charge is 2.21. The number of aromatic nitrogens is 7. The number of nitrogens with one attached hydrogen (secondary N) is 1. The van der Waals surface area contributed by atoms with Gasteiger partial charge in [-0.15, -0.1) is 10.2 Å². The molecule has 3 heterocycles. The summed E-state index contributed by atoms with van der Waals surface area (Å²) in [6, 6.07) is 7.94. The van der Waals surface area contributed by atoms with Crippen LogP contribution in [0, 0.1) is 5.82 Å². The second-order valence-electron chi connectivity index (χ2n) is 7.60. The van der Waals surface area contributed by atoms with Gasteiger partial charge in [-0.1, -0.05) is 39.8 Å². The van der Waals surface area contributed by atoms with Crippen LogP contribution in [0.1, 0.15) is 39.1 Å². The van der Waals surface area contributed by atoms with E-state index < -0.39 is 5.82 Å². The molecule has 152 valence electrons. The predicted molar refractivity (Wildman–Crippen MR) is 108 cm³/mol. The molecule has 0 bridgehead atoms. The fraction of sp³-hybridized carbons (Fsp3) is 0.350. The Hall–Kier alpha value is -3.36. The molecule has 3 aromatic heterocycles. The minimum Gasteiger partial charge on any atom is -0.268 e. The van der Waals surface area contributed by atoms with Crippen molar-refractivity contribution in [3.05, 3.63) is 64.2 Å². The first-order valence-electron chi connectivity index (χ1n) is 9.29. The third-order valence-corrected chi connectivity index (χ3v) is 4.46. The van der Waals surface area contributed by atoms with E-state index in [1.807, 2.05) is 27.8 Å². The monoisotopic (exact) mass is 397 g/mol. The number of halogens is 1. The van der Waals surface area contributed by atoms with Gasteiger partial charge >= 0.3 is 0 Å². The van der Waals surface area contributed by atoms with Gasteiger partial charge in [0.05, 0.1) is 5.56 Å². The predicted octanol–water partition coefficient (Wildman–Crippen LogP) is 2.90. The molecule has 4 rings (SSSR count). The van der Waals surface area contributed by atoms with Crippen molar-refractivity contribution < 1.29 is 4.39 Å². The molecule has 0 atom stereocenters. The molecule has 0 aliphatic rings. The number of H-pyrrole nitrogens is 1. The first-order chi connectivity index (χ1) is 13.7. The van der Waals surface area contributed by atoms with Crippen molar-refractivity contribution in [2.24, 2.45) is 7.05 Å². The SMILES string of the molecule is CC(C)(C)c1cc2nnc(-c3ccccc3F)n2[nH]c1=O.CCc1ncnn1C. The molecule has 4 aromatic rings. The summed E-state index contributed by atoms with van der Waals surface area (Å²) in [5.74, 6) is 0.901. The van der Waals surface area contributed by atoms with E-state index in [-0.39, 0.29) is 16.8 Å². The molecule has 0 spiro atoms. The van der Waals surface area contributed by atoms with Crippen molar-refractivity contribution in [2.45, 2.75) is 39.5 Å². The van der Waals surface area contributed by atoms with Crippen LogP contribution in [0.3, 0.4) is 0 Å². The van der Waals surface area contributed by atoms with Crippen LogP contribution in [0.5, 0.6) is 0 Å². The van der Waals surface area contributed by atoms with E-state index >= 15 is 0 Å². The van der Waals surface area contributed by atoms with E-state index in [1.165, 1.54) is 10.6 Å². The zero-order valence-corrected chi connectivity index (χ0v) is 17.1. The third-order valence-electron chi connectivity index (χ3n) is 4.46. The van der Waals surface area contributed by atoms with Gasteiger partial charge in [0.25, 0.3) is 5.56 Å². The zero-order valence-electron chi connectivity index (χ0n) is 17.1. The highest BCUT2D eigenvalue weighted by molar-refractivity contribution is 5.59.